The van der Waals surface area contributed by atoms with Crippen LogP contribution in [-0.4, -0.2) is 47.8 Å². The van der Waals surface area contributed by atoms with Gasteiger partial charge in [-0.25, -0.2) is 0 Å². The zero-order valence-corrected chi connectivity index (χ0v) is 15.3. The Labute approximate surface area is 149 Å². The number of H-pyrrole nitrogens is 1. The summed E-state index contributed by atoms with van der Waals surface area (Å²) in [5, 5.41) is 13.4. The van der Waals surface area contributed by atoms with Crippen LogP contribution in [0, 0.1) is 19.8 Å². The lowest BCUT2D eigenvalue weighted by atomic mass is 9.98. The van der Waals surface area contributed by atoms with Gasteiger partial charge in [-0.1, -0.05) is 12.1 Å². The summed E-state index contributed by atoms with van der Waals surface area (Å²) in [4.78, 5) is 18.2. The molecule has 1 unspecified atom stereocenters. The summed E-state index contributed by atoms with van der Waals surface area (Å²) < 4.78 is 0. The van der Waals surface area contributed by atoms with Crippen LogP contribution in [-0.2, 0) is 6.54 Å². The predicted octanol–water partition coefficient (Wildman–Crippen LogP) is 1.94. The zero-order chi connectivity index (χ0) is 17.8. The number of hydrogen-bond donors (Lipinski definition) is 3. The molecule has 1 aromatic carbocycles. The van der Waals surface area contributed by atoms with Crippen LogP contribution < -0.4 is 10.7 Å². The summed E-state index contributed by atoms with van der Waals surface area (Å²) in [5.41, 5.74) is 4.11. The molecule has 1 aliphatic rings. The molecular weight excluding hydrogens is 314 g/mol. The van der Waals surface area contributed by atoms with Gasteiger partial charge in [0.15, 0.2) is 5.43 Å². The lowest BCUT2D eigenvalue weighted by molar-refractivity contribution is 0.139. The van der Waals surface area contributed by atoms with Gasteiger partial charge in [-0.05, 0) is 56.8 Å². The lowest BCUT2D eigenvalue weighted by Gasteiger charge is -2.32. The maximum atomic E-state index is 12.5. The van der Waals surface area contributed by atoms with Crippen LogP contribution in [0.4, 0.5) is 0 Å². The second kappa shape index (κ2) is 8.13. The number of nitrogens with one attached hydrogen (secondary N) is 2. The Bertz CT molecular complexity index is 782. The molecule has 0 radical (unpaired) electrons. The number of aromatic nitrogens is 1. The number of aliphatic hydroxyl groups excluding tert-OH is 1. The van der Waals surface area contributed by atoms with E-state index in [4.69, 9.17) is 5.11 Å². The van der Waals surface area contributed by atoms with Crippen molar-refractivity contribution in [2.24, 2.45) is 5.92 Å². The van der Waals surface area contributed by atoms with Crippen molar-refractivity contribution in [3.05, 3.63) is 45.2 Å². The number of piperidine rings is 1. The minimum Gasteiger partial charge on any atom is -0.395 e. The molecular formula is C20H29N3O2. The van der Waals surface area contributed by atoms with E-state index in [1.165, 1.54) is 12.8 Å². The number of fused-ring (bicyclic) bond motifs is 1. The van der Waals surface area contributed by atoms with Crippen LogP contribution in [0.5, 0.6) is 0 Å². The van der Waals surface area contributed by atoms with Gasteiger partial charge < -0.3 is 20.3 Å². The fourth-order valence-corrected chi connectivity index (χ4v) is 3.89. The molecule has 5 nitrogen and oxygen atoms in total. The van der Waals surface area contributed by atoms with Crippen LogP contribution in [0.15, 0.2) is 23.0 Å². The number of pyridine rings is 1. The third kappa shape index (κ3) is 4.29. The maximum Gasteiger partial charge on any atom is 0.189 e. The van der Waals surface area contributed by atoms with E-state index in [1.807, 2.05) is 19.9 Å². The van der Waals surface area contributed by atoms with Crippen molar-refractivity contribution in [1.29, 1.82) is 0 Å². The molecule has 2 heterocycles. The first-order valence-corrected chi connectivity index (χ1v) is 9.24. The van der Waals surface area contributed by atoms with Crippen LogP contribution in [0.3, 0.4) is 0 Å². The van der Waals surface area contributed by atoms with Gasteiger partial charge in [-0.2, -0.15) is 0 Å². The first-order chi connectivity index (χ1) is 12.1. The molecule has 136 valence electrons. The number of benzene rings is 1. The minimum absolute atomic E-state index is 0.0959. The summed E-state index contributed by atoms with van der Waals surface area (Å²) in [5.74, 6) is 0.608. The summed E-state index contributed by atoms with van der Waals surface area (Å²) in [6.45, 7) is 8.77. The average Bonchev–Trinajstić information content (AvgIpc) is 2.59. The summed E-state index contributed by atoms with van der Waals surface area (Å²) >= 11 is 0. The fourth-order valence-electron chi connectivity index (χ4n) is 3.89. The molecule has 2 aromatic rings. The summed E-state index contributed by atoms with van der Waals surface area (Å²) in [7, 11) is 0. The third-order valence-electron chi connectivity index (χ3n) is 5.23. The molecule has 1 fully saturated rings. The predicted molar refractivity (Wildman–Crippen MR) is 102 cm³/mol. The Balaban J connectivity index is 1.64. The Kier molecular flexibility index (Phi) is 5.89. The molecule has 0 aliphatic carbocycles. The maximum absolute atomic E-state index is 12.5. The van der Waals surface area contributed by atoms with Crippen LogP contribution in [0.1, 0.15) is 29.7 Å². The van der Waals surface area contributed by atoms with Gasteiger partial charge in [0.25, 0.3) is 0 Å². The van der Waals surface area contributed by atoms with Crippen molar-refractivity contribution < 1.29 is 5.11 Å². The Morgan fingerprint density at radius 3 is 2.92 bits per heavy atom. The third-order valence-corrected chi connectivity index (χ3v) is 5.23. The highest BCUT2D eigenvalue weighted by atomic mass is 16.3. The second-order valence-corrected chi connectivity index (χ2v) is 7.27. The van der Waals surface area contributed by atoms with E-state index in [1.54, 1.807) is 6.07 Å². The van der Waals surface area contributed by atoms with Gasteiger partial charge in [-0.3, -0.25) is 4.79 Å². The second-order valence-electron chi connectivity index (χ2n) is 7.27. The standard InChI is InChI=1S/C20H29N3O2/c1-14-5-6-15(2)20-19(14)18(25)10-17(22-20)12-21-11-16-4-3-7-23(13-16)8-9-24/h5-6,10,16,21,24H,3-4,7-9,11-13H2,1-2H3,(H,22,25). The molecule has 1 atom stereocenters. The number of likely N-dealkylation sites (tertiary alicyclic amines) is 1. The molecule has 0 spiro atoms. The molecule has 1 aliphatic heterocycles. The number of rotatable bonds is 6. The molecule has 5 heteroatoms. The molecule has 25 heavy (non-hydrogen) atoms. The lowest BCUT2D eigenvalue weighted by Crippen LogP contribution is -2.40. The number of β-amino-alcohol motifs (C(OH)–C–C–N with tert-alkyl or cyclic N) is 1. The van der Waals surface area contributed by atoms with Crippen molar-refractivity contribution in [2.45, 2.75) is 33.2 Å². The highest BCUT2D eigenvalue weighted by molar-refractivity contribution is 5.84. The Morgan fingerprint density at radius 2 is 2.12 bits per heavy atom. The largest absolute Gasteiger partial charge is 0.395 e. The fraction of sp³-hybridized carbons (Fsp3) is 0.550. The molecule has 0 saturated carbocycles. The van der Waals surface area contributed by atoms with Gasteiger partial charge in [0.05, 0.1) is 12.1 Å². The normalized spacial score (nSPS) is 18.8. The number of aliphatic hydroxyl groups is 1. The molecule has 1 aromatic heterocycles. The van der Waals surface area contributed by atoms with E-state index in [-0.39, 0.29) is 12.0 Å². The summed E-state index contributed by atoms with van der Waals surface area (Å²) in [6.07, 6.45) is 2.42. The van der Waals surface area contributed by atoms with Gasteiger partial charge in [-0.15, -0.1) is 0 Å². The van der Waals surface area contributed by atoms with Crippen molar-refractivity contribution in [3.8, 4) is 0 Å². The average molecular weight is 343 g/mol. The van der Waals surface area contributed by atoms with Crippen LogP contribution in [0.2, 0.25) is 0 Å². The number of hydrogen-bond acceptors (Lipinski definition) is 4. The first-order valence-electron chi connectivity index (χ1n) is 9.24. The zero-order valence-electron chi connectivity index (χ0n) is 15.3. The molecule has 1 saturated heterocycles. The quantitative estimate of drug-likeness (QED) is 0.750. The van der Waals surface area contributed by atoms with E-state index < -0.39 is 0 Å². The molecule has 3 N–H and O–H groups in total. The van der Waals surface area contributed by atoms with Gasteiger partial charge in [0.2, 0.25) is 0 Å². The van der Waals surface area contributed by atoms with Crippen molar-refractivity contribution in [3.63, 3.8) is 0 Å². The van der Waals surface area contributed by atoms with Gasteiger partial charge in [0.1, 0.15) is 0 Å². The highest BCUT2D eigenvalue weighted by Gasteiger charge is 2.19. The van der Waals surface area contributed by atoms with Crippen molar-refractivity contribution >= 4 is 10.9 Å². The van der Waals surface area contributed by atoms with E-state index in [2.05, 4.69) is 21.3 Å². The first kappa shape index (κ1) is 18.1. The molecule has 3 rings (SSSR count). The van der Waals surface area contributed by atoms with Crippen molar-refractivity contribution in [1.82, 2.24) is 15.2 Å². The van der Waals surface area contributed by atoms with Gasteiger partial charge >= 0.3 is 0 Å². The Morgan fingerprint density at radius 1 is 1.32 bits per heavy atom. The molecule has 0 bridgehead atoms. The summed E-state index contributed by atoms with van der Waals surface area (Å²) in [6, 6.07) is 5.79. The van der Waals surface area contributed by atoms with Crippen molar-refractivity contribution in [2.75, 3.05) is 32.8 Å². The van der Waals surface area contributed by atoms with Gasteiger partial charge in [0, 0.05) is 36.8 Å². The van der Waals surface area contributed by atoms with E-state index >= 15 is 0 Å². The van der Waals surface area contributed by atoms with Crippen LogP contribution in [0.25, 0.3) is 10.9 Å². The highest BCUT2D eigenvalue weighted by Crippen LogP contribution is 2.18. The van der Waals surface area contributed by atoms with E-state index in [9.17, 15) is 4.79 Å². The van der Waals surface area contributed by atoms with E-state index in [0.29, 0.717) is 12.5 Å². The topological polar surface area (TPSA) is 68.4 Å². The number of aryl methyl sites for hydroxylation is 2. The number of aromatic amines is 1. The smallest absolute Gasteiger partial charge is 0.189 e. The minimum atomic E-state index is 0.0959. The molecule has 0 amide bonds. The Hall–Kier alpha value is -1.69. The van der Waals surface area contributed by atoms with Crippen LogP contribution >= 0.6 is 0 Å². The monoisotopic (exact) mass is 343 g/mol. The number of nitrogens with zero attached hydrogens (tertiary/aromatic N) is 1. The SMILES string of the molecule is Cc1ccc(C)c2c(=O)cc(CNCC3CCCN(CCO)C3)[nH]c12. The van der Waals surface area contributed by atoms with E-state index in [0.717, 1.165) is 53.9 Å².